The van der Waals surface area contributed by atoms with Crippen molar-refractivity contribution >= 4 is 0 Å². The predicted molar refractivity (Wildman–Crippen MR) is 76.9 cm³/mol. The Labute approximate surface area is 115 Å². The van der Waals surface area contributed by atoms with Crippen LogP contribution in [-0.4, -0.2) is 36.7 Å². The van der Waals surface area contributed by atoms with Crippen molar-refractivity contribution in [1.82, 2.24) is 4.90 Å². The molecule has 3 atom stereocenters. The molecule has 0 bridgehead atoms. The second-order valence-electron chi connectivity index (χ2n) is 5.77. The van der Waals surface area contributed by atoms with Crippen LogP contribution in [0.3, 0.4) is 0 Å². The highest BCUT2D eigenvalue weighted by Crippen LogP contribution is 2.29. The number of hydrogen-bond acceptors (Lipinski definition) is 3. The van der Waals surface area contributed by atoms with Crippen LogP contribution < -0.4 is 5.73 Å². The highest BCUT2D eigenvalue weighted by atomic mass is 16.5. The maximum absolute atomic E-state index is 6.37. The lowest BCUT2D eigenvalue weighted by Gasteiger charge is -2.44. The molecule has 0 aromatic heterocycles. The predicted octanol–water partition coefficient (Wildman–Crippen LogP) is 2.33. The van der Waals surface area contributed by atoms with Crippen LogP contribution in [0.15, 0.2) is 30.3 Å². The van der Waals surface area contributed by atoms with Crippen molar-refractivity contribution in [1.29, 1.82) is 0 Å². The van der Waals surface area contributed by atoms with E-state index in [2.05, 4.69) is 29.2 Å². The number of morpholine rings is 1. The summed E-state index contributed by atoms with van der Waals surface area (Å²) >= 11 is 0. The fourth-order valence-electron chi connectivity index (χ4n) is 3.46. The summed E-state index contributed by atoms with van der Waals surface area (Å²) in [5.74, 6) is 0. The van der Waals surface area contributed by atoms with E-state index < -0.39 is 0 Å². The van der Waals surface area contributed by atoms with Crippen molar-refractivity contribution < 1.29 is 4.74 Å². The summed E-state index contributed by atoms with van der Waals surface area (Å²) in [7, 11) is 0. The smallest absolute Gasteiger partial charge is 0.0730 e. The number of nitrogens with zero attached hydrogens (tertiary/aromatic N) is 1. The Hall–Kier alpha value is -0.900. The van der Waals surface area contributed by atoms with Crippen molar-refractivity contribution in [2.75, 3.05) is 19.7 Å². The minimum Gasteiger partial charge on any atom is -0.375 e. The van der Waals surface area contributed by atoms with Crippen molar-refractivity contribution in [3.8, 4) is 0 Å². The van der Waals surface area contributed by atoms with Gasteiger partial charge < -0.3 is 10.5 Å². The van der Waals surface area contributed by atoms with Gasteiger partial charge in [-0.2, -0.15) is 0 Å². The van der Waals surface area contributed by atoms with Crippen molar-refractivity contribution in [3.63, 3.8) is 0 Å². The summed E-state index contributed by atoms with van der Waals surface area (Å²) in [6, 6.07) is 11.1. The van der Waals surface area contributed by atoms with Gasteiger partial charge in [0.05, 0.1) is 12.7 Å². The monoisotopic (exact) mass is 260 g/mol. The zero-order valence-electron chi connectivity index (χ0n) is 11.5. The van der Waals surface area contributed by atoms with Gasteiger partial charge in [-0.3, -0.25) is 4.90 Å². The quantitative estimate of drug-likeness (QED) is 0.906. The molecule has 1 aliphatic heterocycles. The molecule has 2 aliphatic rings. The van der Waals surface area contributed by atoms with E-state index in [1.165, 1.54) is 31.2 Å². The van der Waals surface area contributed by atoms with Crippen molar-refractivity contribution in [2.45, 2.75) is 43.9 Å². The number of ether oxygens (including phenoxy) is 1. The summed E-state index contributed by atoms with van der Waals surface area (Å²) in [6.45, 7) is 2.85. The fourth-order valence-corrected chi connectivity index (χ4v) is 3.46. The molecule has 1 aliphatic carbocycles. The number of nitrogens with two attached hydrogens (primary N) is 1. The molecule has 3 rings (SSSR count). The first kappa shape index (κ1) is 13.1. The van der Waals surface area contributed by atoms with Crippen molar-refractivity contribution in [3.05, 3.63) is 35.9 Å². The van der Waals surface area contributed by atoms with E-state index in [-0.39, 0.29) is 6.04 Å². The van der Waals surface area contributed by atoms with Gasteiger partial charge in [0, 0.05) is 25.2 Å². The number of fused-ring (bicyclic) bond motifs is 1. The maximum atomic E-state index is 6.37. The van der Waals surface area contributed by atoms with Crippen LogP contribution in [-0.2, 0) is 4.74 Å². The van der Waals surface area contributed by atoms with Gasteiger partial charge in [-0.05, 0) is 18.4 Å². The van der Waals surface area contributed by atoms with Crippen LogP contribution >= 0.6 is 0 Å². The Morgan fingerprint density at radius 3 is 2.84 bits per heavy atom. The van der Waals surface area contributed by atoms with E-state index in [9.17, 15) is 0 Å². The molecule has 3 unspecified atom stereocenters. The molecule has 2 fully saturated rings. The van der Waals surface area contributed by atoms with E-state index in [1.807, 2.05) is 6.07 Å². The molecule has 1 heterocycles. The lowest BCUT2D eigenvalue weighted by molar-refractivity contribution is -0.0894. The molecule has 3 nitrogen and oxygen atoms in total. The highest BCUT2D eigenvalue weighted by molar-refractivity contribution is 5.18. The molecule has 1 aromatic carbocycles. The molecule has 19 heavy (non-hydrogen) atoms. The largest absolute Gasteiger partial charge is 0.375 e. The SMILES string of the molecule is NC(CN1CCOC2CCCCC21)c1ccccc1. The summed E-state index contributed by atoms with van der Waals surface area (Å²) in [5, 5.41) is 0. The zero-order chi connectivity index (χ0) is 13.1. The van der Waals surface area contributed by atoms with E-state index in [0.29, 0.717) is 12.1 Å². The Morgan fingerprint density at radius 1 is 1.21 bits per heavy atom. The molecule has 3 heteroatoms. The van der Waals surface area contributed by atoms with Gasteiger partial charge in [-0.1, -0.05) is 43.2 Å². The average Bonchev–Trinajstić information content (AvgIpc) is 2.48. The second-order valence-corrected chi connectivity index (χ2v) is 5.77. The first-order chi connectivity index (χ1) is 9.34. The Bertz CT molecular complexity index is 393. The zero-order valence-corrected chi connectivity index (χ0v) is 11.5. The van der Waals surface area contributed by atoms with Gasteiger partial charge in [-0.15, -0.1) is 0 Å². The second kappa shape index (κ2) is 6.04. The Balaban J connectivity index is 1.65. The average molecular weight is 260 g/mol. The van der Waals surface area contributed by atoms with Crippen LogP contribution in [0, 0.1) is 0 Å². The van der Waals surface area contributed by atoms with Gasteiger partial charge in [0.2, 0.25) is 0 Å². The third kappa shape index (κ3) is 2.99. The molecule has 0 amide bonds. The van der Waals surface area contributed by atoms with Crippen LogP contribution in [0.2, 0.25) is 0 Å². The minimum atomic E-state index is 0.113. The highest BCUT2D eigenvalue weighted by Gasteiger charge is 2.34. The number of hydrogen-bond donors (Lipinski definition) is 1. The summed E-state index contributed by atoms with van der Waals surface area (Å²) in [4.78, 5) is 2.56. The van der Waals surface area contributed by atoms with Gasteiger partial charge in [0.1, 0.15) is 0 Å². The molecule has 2 N–H and O–H groups in total. The number of benzene rings is 1. The van der Waals surface area contributed by atoms with Crippen LogP contribution in [0.1, 0.15) is 37.3 Å². The molecular formula is C16H24N2O. The van der Waals surface area contributed by atoms with Gasteiger partial charge in [0.15, 0.2) is 0 Å². The third-order valence-corrected chi connectivity index (χ3v) is 4.51. The first-order valence-corrected chi connectivity index (χ1v) is 7.51. The minimum absolute atomic E-state index is 0.113. The Morgan fingerprint density at radius 2 is 2.00 bits per heavy atom. The van der Waals surface area contributed by atoms with E-state index in [1.54, 1.807) is 0 Å². The molecule has 104 valence electrons. The number of rotatable bonds is 3. The van der Waals surface area contributed by atoms with Crippen LogP contribution in [0.25, 0.3) is 0 Å². The standard InChI is InChI=1S/C16H24N2O/c17-14(13-6-2-1-3-7-13)12-18-10-11-19-16-9-5-4-8-15(16)18/h1-3,6-7,14-16H,4-5,8-12,17H2. The maximum Gasteiger partial charge on any atom is 0.0730 e. The van der Waals surface area contributed by atoms with Gasteiger partial charge >= 0.3 is 0 Å². The third-order valence-electron chi connectivity index (χ3n) is 4.51. The van der Waals surface area contributed by atoms with E-state index in [4.69, 9.17) is 10.5 Å². The summed E-state index contributed by atoms with van der Waals surface area (Å²) in [5.41, 5.74) is 7.60. The van der Waals surface area contributed by atoms with Gasteiger partial charge in [0.25, 0.3) is 0 Å². The normalized spacial score (nSPS) is 29.7. The molecule has 0 spiro atoms. The molecular weight excluding hydrogens is 236 g/mol. The molecule has 1 saturated heterocycles. The van der Waals surface area contributed by atoms with Crippen LogP contribution in [0.5, 0.6) is 0 Å². The summed E-state index contributed by atoms with van der Waals surface area (Å²) < 4.78 is 5.92. The first-order valence-electron chi connectivity index (χ1n) is 7.51. The van der Waals surface area contributed by atoms with Crippen molar-refractivity contribution in [2.24, 2.45) is 5.73 Å². The lowest BCUT2D eigenvalue weighted by atomic mass is 9.89. The topological polar surface area (TPSA) is 38.5 Å². The van der Waals surface area contributed by atoms with Crippen LogP contribution in [0.4, 0.5) is 0 Å². The van der Waals surface area contributed by atoms with E-state index in [0.717, 1.165) is 19.7 Å². The lowest BCUT2D eigenvalue weighted by Crippen LogP contribution is -2.54. The molecule has 0 radical (unpaired) electrons. The van der Waals surface area contributed by atoms with Gasteiger partial charge in [-0.25, -0.2) is 0 Å². The molecule has 1 aromatic rings. The fraction of sp³-hybridized carbons (Fsp3) is 0.625. The summed E-state index contributed by atoms with van der Waals surface area (Å²) in [6.07, 6.45) is 5.60. The molecule has 1 saturated carbocycles. The van der Waals surface area contributed by atoms with E-state index >= 15 is 0 Å². The Kier molecular flexibility index (Phi) is 4.16.